The molecule has 2 heterocycles. The fourth-order valence-corrected chi connectivity index (χ4v) is 12.1. The molecule has 6 saturated carbocycles. The van der Waals surface area contributed by atoms with E-state index in [2.05, 4.69) is 27.1 Å². The van der Waals surface area contributed by atoms with Gasteiger partial charge in [0, 0.05) is 23.1 Å². The highest BCUT2D eigenvalue weighted by Crippen LogP contribution is 2.57. The predicted octanol–water partition coefficient (Wildman–Crippen LogP) is 5.17. The maximum Gasteiger partial charge on any atom is 0.408 e. The van der Waals surface area contributed by atoms with Gasteiger partial charge in [-0.3, -0.25) is 19.1 Å². The molecule has 0 radical (unpaired) electrons. The average Bonchev–Trinajstić information content (AvgIpc) is 4.10. The number of nitrogens with zero attached hydrogens (tertiary/aromatic N) is 2. The summed E-state index contributed by atoms with van der Waals surface area (Å²) in [4.78, 5) is 64.4. The first-order valence-electron chi connectivity index (χ1n) is 21.0. The summed E-state index contributed by atoms with van der Waals surface area (Å²) in [7, 11) is -3.91. The summed E-state index contributed by atoms with van der Waals surface area (Å²) >= 11 is 0. The van der Waals surface area contributed by atoms with Gasteiger partial charge in [0.2, 0.25) is 21.8 Å². The molecule has 3 aromatic rings. The molecule has 5 atom stereocenters. The summed E-state index contributed by atoms with van der Waals surface area (Å²) in [6.07, 6.45) is 7.19. The van der Waals surface area contributed by atoms with Crippen molar-refractivity contribution < 1.29 is 41.6 Å². The SMILES string of the molecule is C=C[C@@H]1C[C@@]1(NC(=O)[C@@H]1C[C@@H](ON=c2c3ccccc3oc3ccccc23)CN1C(=O)[C@@H](NC(=O)OC12CC3CC(CC(C3)C1)C2)C(C)(C)C)C(=O)NS(=O)(=O)C1CC1. The zero-order chi connectivity index (χ0) is 41.5. The van der Waals surface area contributed by atoms with E-state index in [0.717, 1.165) is 19.3 Å². The van der Waals surface area contributed by atoms with Gasteiger partial charge < -0.3 is 29.5 Å². The molecule has 0 unspecified atom stereocenters. The van der Waals surface area contributed by atoms with Gasteiger partial charge in [-0.2, -0.15) is 0 Å². The number of nitrogens with one attached hydrogen (secondary N) is 3. The second kappa shape index (κ2) is 14.4. The van der Waals surface area contributed by atoms with Gasteiger partial charge >= 0.3 is 6.09 Å². The minimum Gasteiger partial charge on any atom is -0.456 e. The molecule has 4 bridgehead atoms. The van der Waals surface area contributed by atoms with Gasteiger partial charge in [-0.05, 0) is 105 Å². The van der Waals surface area contributed by atoms with E-state index in [1.54, 1.807) is 0 Å². The fourth-order valence-electron chi connectivity index (χ4n) is 10.7. The molecule has 7 aliphatic rings. The lowest BCUT2D eigenvalue weighted by Crippen LogP contribution is -2.61. The lowest BCUT2D eigenvalue weighted by Gasteiger charge is -2.55. The van der Waals surface area contributed by atoms with Gasteiger partial charge in [-0.1, -0.05) is 56.3 Å². The van der Waals surface area contributed by atoms with E-state index in [1.807, 2.05) is 69.3 Å². The van der Waals surface area contributed by atoms with Crippen LogP contribution in [0.1, 0.15) is 85.0 Å². The van der Waals surface area contributed by atoms with Crippen LogP contribution in [0, 0.1) is 29.1 Å². The number of carbonyl (C=O) groups is 4. The molecule has 15 heteroatoms. The molecule has 1 aromatic heterocycles. The van der Waals surface area contributed by atoms with Crippen molar-refractivity contribution in [1.82, 2.24) is 20.3 Å². The minimum atomic E-state index is -3.91. The summed E-state index contributed by atoms with van der Waals surface area (Å²) in [5.41, 5.74) is -1.71. The van der Waals surface area contributed by atoms with Crippen LogP contribution in [0.25, 0.3) is 21.9 Å². The van der Waals surface area contributed by atoms with Crippen LogP contribution in [-0.4, -0.2) is 78.3 Å². The maximum absolute atomic E-state index is 14.9. The Balaban J connectivity index is 1.00. The van der Waals surface area contributed by atoms with Crippen molar-refractivity contribution in [3.8, 4) is 0 Å². The van der Waals surface area contributed by atoms with Gasteiger partial charge in [-0.25, -0.2) is 13.2 Å². The highest BCUT2D eigenvalue weighted by Gasteiger charge is 2.62. The first kappa shape index (κ1) is 39.5. The standard InChI is InChI=1S/C44H53N5O9S/c1-5-28-23-44(28,40(52)48-59(54,55)30-14-15-30)46-38(50)33-19-29(58-47-36-31-10-6-8-12-34(31)56-35-13-9-7-11-32(35)36)24-49(33)39(51)37(42(2,3)4)45-41(53)57-43-20-25-16-26(21-43)18-27(17-25)22-43/h5-13,25-30,33,37H,1,14-24H2,2-4H3,(H,45,53)(H,46,50)(H,48,52)/t25?,26?,27?,28-,29-,33+,37-,43?,44+/m1/s1. The number of benzene rings is 2. The van der Waals surface area contributed by atoms with E-state index in [4.69, 9.17) is 14.0 Å². The van der Waals surface area contributed by atoms with Crippen LogP contribution in [0.4, 0.5) is 4.79 Å². The highest BCUT2D eigenvalue weighted by molar-refractivity contribution is 7.91. The Morgan fingerprint density at radius 2 is 1.51 bits per heavy atom. The molecule has 3 N–H and O–H groups in total. The number of amides is 4. The number of likely N-dealkylation sites (tertiary alicyclic amines) is 1. The Morgan fingerprint density at radius 3 is 2.05 bits per heavy atom. The van der Waals surface area contributed by atoms with E-state index < -0.39 is 79.7 Å². The van der Waals surface area contributed by atoms with Crippen LogP contribution < -0.4 is 20.7 Å². The number of carbonyl (C=O) groups excluding carboxylic acids is 4. The first-order valence-corrected chi connectivity index (χ1v) is 22.5. The second-order valence-corrected chi connectivity index (χ2v) is 21.1. The monoisotopic (exact) mass is 827 g/mol. The molecule has 6 aliphatic carbocycles. The molecular formula is C44H53N5O9S. The molecule has 314 valence electrons. The Morgan fingerprint density at radius 1 is 0.915 bits per heavy atom. The van der Waals surface area contributed by atoms with E-state index in [0.29, 0.717) is 57.9 Å². The Bertz CT molecular complexity index is 2330. The van der Waals surface area contributed by atoms with Crippen LogP contribution in [0.15, 0.2) is 70.8 Å². The van der Waals surface area contributed by atoms with E-state index in [1.165, 1.54) is 30.2 Å². The van der Waals surface area contributed by atoms with Gasteiger partial charge in [0.1, 0.15) is 45.9 Å². The van der Waals surface area contributed by atoms with E-state index >= 15 is 0 Å². The molecule has 0 spiro atoms. The zero-order valence-electron chi connectivity index (χ0n) is 33.8. The Labute approximate surface area is 343 Å². The number of rotatable bonds is 11. The van der Waals surface area contributed by atoms with E-state index in [9.17, 15) is 27.6 Å². The van der Waals surface area contributed by atoms with Gasteiger partial charge in [0.05, 0.1) is 11.8 Å². The van der Waals surface area contributed by atoms with Crippen molar-refractivity contribution >= 4 is 55.8 Å². The van der Waals surface area contributed by atoms with Gasteiger partial charge in [0.25, 0.3) is 5.91 Å². The highest BCUT2D eigenvalue weighted by atomic mass is 32.2. The number of hydrogen-bond acceptors (Lipinski definition) is 10. The average molecular weight is 828 g/mol. The minimum absolute atomic E-state index is 0.000436. The second-order valence-electron chi connectivity index (χ2n) is 19.1. The summed E-state index contributed by atoms with van der Waals surface area (Å²) in [5.74, 6) is -0.899. The molecule has 4 amide bonds. The van der Waals surface area contributed by atoms with E-state index in [-0.39, 0.29) is 19.4 Å². The van der Waals surface area contributed by atoms with Crippen LogP contribution in [-0.2, 0) is 34.0 Å². The molecule has 1 saturated heterocycles. The summed E-state index contributed by atoms with van der Waals surface area (Å²) in [6.45, 7) is 9.26. The zero-order valence-corrected chi connectivity index (χ0v) is 34.6. The van der Waals surface area contributed by atoms with Crippen molar-refractivity contribution in [3.63, 3.8) is 0 Å². The quantitative estimate of drug-likeness (QED) is 0.133. The maximum atomic E-state index is 14.9. The molecule has 10 rings (SSSR count). The normalized spacial score (nSPS) is 31.3. The number of para-hydroxylation sites is 2. The predicted molar refractivity (Wildman–Crippen MR) is 217 cm³/mol. The smallest absolute Gasteiger partial charge is 0.408 e. The summed E-state index contributed by atoms with van der Waals surface area (Å²) < 4.78 is 40.2. The molecular weight excluding hydrogens is 775 g/mol. The number of hydrogen-bond donors (Lipinski definition) is 3. The largest absolute Gasteiger partial charge is 0.456 e. The lowest BCUT2D eigenvalue weighted by molar-refractivity contribution is -0.144. The van der Waals surface area contributed by atoms with Gasteiger partial charge in [0.15, 0.2) is 0 Å². The number of sulfonamides is 1. The van der Waals surface area contributed by atoms with Crippen molar-refractivity contribution in [2.45, 2.75) is 120 Å². The Hall–Kier alpha value is -4.92. The molecule has 59 heavy (non-hydrogen) atoms. The number of alkyl carbamates (subject to hydrolysis) is 1. The molecule has 14 nitrogen and oxygen atoms in total. The molecule has 1 aliphatic heterocycles. The van der Waals surface area contributed by atoms with Gasteiger partial charge in [-0.15, -0.1) is 6.58 Å². The summed E-state index contributed by atoms with van der Waals surface area (Å²) in [6, 6.07) is 12.6. The Kier molecular flexibility index (Phi) is 9.63. The van der Waals surface area contributed by atoms with Crippen molar-refractivity contribution in [2.75, 3.05) is 6.54 Å². The van der Waals surface area contributed by atoms with Crippen LogP contribution in [0.2, 0.25) is 0 Å². The van der Waals surface area contributed by atoms with Crippen LogP contribution in [0.5, 0.6) is 0 Å². The topological polar surface area (TPSA) is 186 Å². The first-order chi connectivity index (χ1) is 28.1. The van der Waals surface area contributed by atoms with Crippen molar-refractivity contribution in [2.24, 2.45) is 34.2 Å². The third-order valence-corrected chi connectivity index (χ3v) is 15.4. The number of ether oxygens (including phenoxy) is 1. The summed E-state index contributed by atoms with van der Waals surface area (Å²) in [5, 5.41) is 11.7. The molecule has 2 aromatic carbocycles. The number of fused-ring (bicyclic) bond motifs is 2. The third kappa shape index (κ3) is 7.48. The lowest BCUT2D eigenvalue weighted by atomic mass is 9.54. The third-order valence-electron chi connectivity index (χ3n) is 13.6. The fraction of sp³-hybridized carbons (Fsp3) is 0.568. The van der Waals surface area contributed by atoms with Crippen molar-refractivity contribution in [3.05, 3.63) is 66.5 Å². The van der Waals surface area contributed by atoms with Crippen LogP contribution in [0.3, 0.4) is 0 Å². The van der Waals surface area contributed by atoms with Crippen molar-refractivity contribution in [1.29, 1.82) is 0 Å². The molecule has 7 fully saturated rings. The van der Waals surface area contributed by atoms with Crippen LogP contribution >= 0.6 is 0 Å².